The average Bonchev–Trinajstić information content (AvgIpc) is 3.66. The van der Waals surface area contributed by atoms with Gasteiger partial charge in [-0.2, -0.15) is 0 Å². The average molecular weight is 563 g/mol. The molecule has 0 amide bonds. The van der Waals surface area contributed by atoms with Crippen molar-refractivity contribution in [3.05, 3.63) is 116 Å². The molecule has 0 fully saturated rings. The molecule has 8 heteroatoms. The van der Waals surface area contributed by atoms with Crippen LogP contribution in [0.4, 0.5) is 0 Å². The molecule has 0 saturated heterocycles. The van der Waals surface area contributed by atoms with Crippen LogP contribution in [0.15, 0.2) is 80.8 Å². The summed E-state index contributed by atoms with van der Waals surface area (Å²) in [4.78, 5) is 33.6. The first kappa shape index (κ1) is 27.4. The summed E-state index contributed by atoms with van der Waals surface area (Å²) in [6.07, 6.45) is 4.08. The fourth-order valence-corrected chi connectivity index (χ4v) is 5.59. The molecule has 0 saturated carbocycles. The summed E-state index contributed by atoms with van der Waals surface area (Å²) < 4.78 is 12.2. The Morgan fingerprint density at radius 1 is 1.00 bits per heavy atom. The first-order valence-corrected chi connectivity index (χ1v) is 14.6. The van der Waals surface area contributed by atoms with Gasteiger partial charge in [0, 0.05) is 29.9 Å². The van der Waals surface area contributed by atoms with E-state index in [0.717, 1.165) is 82.0 Å². The fourth-order valence-electron chi connectivity index (χ4n) is 5.59. The first-order chi connectivity index (χ1) is 20.4. The molecule has 214 valence electrons. The SMILES string of the molecule is CCCCc1nc(C(C)C)n(-c2ccc3c(c2)CCO3)c(=O)c1Cc1ccc(-c2ccccc2-c2noc(=O)[nH]2)cc1. The quantitative estimate of drug-likeness (QED) is 0.228. The second kappa shape index (κ2) is 11.6. The molecule has 0 unspecified atom stereocenters. The van der Waals surface area contributed by atoms with E-state index in [1.54, 1.807) is 4.57 Å². The number of aryl methyl sites for hydroxylation is 1. The summed E-state index contributed by atoms with van der Waals surface area (Å²) in [7, 11) is 0. The van der Waals surface area contributed by atoms with Crippen molar-refractivity contribution in [1.82, 2.24) is 19.7 Å². The lowest BCUT2D eigenvalue weighted by atomic mass is 9.96. The van der Waals surface area contributed by atoms with E-state index in [-0.39, 0.29) is 11.5 Å². The van der Waals surface area contributed by atoms with Crippen LogP contribution < -0.4 is 16.1 Å². The Kier molecular flexibility index (Phi) is 7.61. The number of fused-ring (bicyclic) bond motifs is 1. The van der Waals surface area contributed by atoms with Crippen LogP contribution >= 0.6 is 0 Å². The van der Waals surface area contributed by atoms with Crippen LogP contribution in [0.25, 0.3) is 28.2 Å². The van der Waals surface area contributed by atoms with Crippen LogP contribution in [-0.2, 0) is 19.3 Å². The van der Waals surface area contributed by atoms with Gasteiger partial charge in [-0.25, -0.2) is 9.78 Å². The number of hydrogen-bond acceptors (Lipinski definition) is 6. The molecule has 42 heavy (non-hydrogen) atoms. The molecule has 1 aliphatic heterocycles. The van der Waals surface area contributed by atoms with Crippen molar-refractivity contribution < 1.29 is 9.26 Å². The molecule has 5 aromatic rings. The molecular weight excluding hydrogens is 528 g/mol. The van der Waals surface area contributed by atoms with Crippen LogP contribution in [0.1, 0.15) is 67.7 Å². The van der Waals surface area contributed by atoms with Gasteiger partial charge in [-0.15, -0.1) is 0 Å². The summed E-state index contributed by atoms with van der Waals surface area (Å²) in [5.74, 6) is 1.55. The second-order valence-corrected chi connectivity index (χ2v) is 11.0. The van der Waals surface area contributed by atoms with Crippen LogP contribution in [0.3, 0.4) is 0 Å². The Balaban J connectivity index is 1.40. The van der Waals surface area contributed by atoms with Crippen LogP contribution in [0.2, 0.25) is 0 Å². The Hall–Kier alpha value is -4.72. The number of H-pyrrole nitrogens is 1. The van der Waals surface area contributed by atoms with Gasteiger partial charge in [0.2, 0.25) is 0 Å². The summed E-state index contributed by atoms with van der Waals surface area (Å²) in [5, 5.41) is 3.87. The molecule has 0 atom stereocenters. The molecule has 1 aliphatic rings. The smallest absolute Gasteiger partial charge is 0.439 e. The van der Waals surface area contributed by atoms with Gasteiger partial charge in [0.25, 0.3) is 5.56 Å². The van der Waals surface area contributed by atoms with E-state index >= 15 is 0 Å². The monoisotopic (exact) mass is 562 g/mol. The molecule has 2 aromatic heterocycles. The topological polar surface area (TPSA) is 103 Å². The molecule has 3 heterocycles. The maximum atomic E-state index is 14.3. The number of aromatic amines is 1. The van der Waals surface area contributed by atoms with Crippen molar-refractivity contribution >= 4 is 0 Å². The molecule has 0 radical (unpaired) electrons. The molecule has 0 bridgehead atoms. The number of benzene rings is 3. The number of nitrogens with zero attached hydrogens (tertiary/aromatic N) is 3. The highest BCUT2D eigenvalue weighted by Crippen LogP contribution is 2.31. The first-order valence-electron chi connectivity index (χ1n) is 14.6. The van der Waals surface area contributed by atoms with Gasteiger partial charge in [-0.05, 0) is 53.3 Å². The molecule has 1 N–H and O–H groups in total. The van der Waals surface area contributed by atoms with Crippen LogP contribution in [-0.4, -0.2) is 26.3 Å². The van der Waals surface area contributed by atoms with E-state index in [0.29, 0.717) is 18.9 Å². The predicted octanol–water partition coefficient (Wildman–Crippen LogP) is 6.23. The fraction of sp³-hybridized carbons (Fsp3) is 0.294. The molecule has 8 nitrogen and oxygen atoms in total. The molecule has 0 aliphatic carbocycles. The van der Waals surface area contributed by atoms with Gasteiger partial charge in [0.1, 0.15) is 11.6 Å². The Bertz CT molecular complexity index is 1850. The number of hydrogen-bond donors (Lipinski definition) is 1. The molecule has 0 spiro atoms. The second-order valence-electron chi connectivity index (χ2n) is 11.0. The van der Waals surface area contributed by atoms with Crippen molar-refractivity contribution in [3.8, 4) is 34.0 Å². The van der Waals surface area contributed by atoms with Crippen molar-refractivity contribution in [3.63, 3.8) is 0 Å². The zero-order valence-electron chi connectivity index (χ0n) is 24.1. The lowest BCUT2D eigenvalue weighted by Crippen LogP contribution is -2.30. The lowest BCUT2D eigenvalue weighted by Gasteiger charge is -2.20. The minimum absolute atomic E-state index is 0.0110. The van der Waals surface area contributed by atoms with E-state index in [1.807, 2.05) is 60.7 Å². The Labute approximate surface area is 244 Å². The number of rotatable bonds is 9. The largest absolute Gasteiger partial charge is 0.493 e. The van der Waals surface area contributed by atoms with Crippen LogP contribution in [0.5, 0.6) is 5.75 Å². The van der Waals surface area contributed by atoms with E-state index in [2.05, 4.69) is 37.0 Å². The highest BCUT2D eigenvalue weighted by Gasteiger charge is 2.22. The summed E-state index contributed by atoms with van der Waals surface area (Å²) in [6, 6.07) is 21.9. The van der Waals surface area contributed by atoms with Gasteiger partial charge in [0.05, 0.1) is 18.0 Å². The van der Waals surface area contributed by atoms with Crippen molar-refractivity contribution in [2.75, 3.05) is 6.61 Å². The third-order valence-corrected chi connectivity index (χ3v) is 7.77. The minimum Gasteiger partial charge on any atom is -0.493 e. The zero-order valence-corrected chi connectivity index (χ0v) is 24.1. The van der Waals surface area contributed by atoms with Gasteiger partial charge in [-0.3, -0.25) is 18.9 Å². The van der Waals surface area contributed by atoms with E-state index in [4.69, 9.17) is 14.2 Å². The van der Waals surface area contributed by atoms with E-state index < -0.39 is 5.76 Å². The van der Waals surface area contributed by atoms with Crippen molar-refractivity contribution in [1.29, 1.82) is 0 Å². The number of ether oxygens (including phenoxy) is 1. The highest BCUT2D eigenvalue weighted by atomic mass is 16.5. The maximum absolute atomic E-state index is 14.3. The van der Waals surface area contributed by atoms with Gasteiger partial charge in [-0.1, -0.05) is 80.9 Å². The molecular formula is C34H34N4O4. The summed E-state index contributed by atoms with van der Waals surface area (Å²) in [6.45, 7) is 7.00. The van der Waals surface area contributed by atoms with Gasteiger partial charge >= 0.3 is 5.76 Å². The Morgan fingerprint density at radius 3 is 2.50 bits per heavy atom. The molecule has 3 aromatic carbocycles. The van der Waals surface area contributed by atoms with Crippen molar-refractivity contribution in [2.24, 2.45) is 0 Å². The minimum atomic E-state index is -0.593. The third-order valence-electron chi connectivity index (χ3n) is 7.77. The van der Waals surface area contributed by atoms with Crippen LogP contribution in [0, 0.1) is 0 Å². The third kappa shape index (κ3) is 5.32. The highest BCUT2D eigenvalue weighted by molar-refractivity contribution is 5.80. The van der Waals surface area contributed by atoms with Crippen molar-refractivity contribution in [2.45, 2.75) is 58.8 Å². The Morgan fingerprint density at radius 2 is 1.79 bits per heavy atom. The van der Waals surface area contributed by atoms with E-state index in [1.165, 1.54) is 0 Å². The summed E-state index contributed by atoms with van der Waals surface area (Å²) in [5.41, 5.74) is 7.25. The number of unbranched alkanes of at least 4 members (excludes halogenated alkanes) is 1. The van der Waals surface area contributed by atoms with E-state index in [9.17, 15) is 9.59 Å². The predicted molar refractivity (Wildman–Crippen MR) is 163 cm³/mol. The number of aromatic nitrogens is 4. The van der Waals surface area contributed by atoms with Gasteiger partial charge in [0.15, 0.2) is 5.82 Å². The number of nitrogens with one attached hydrogen (secondary N) is 1. The normalized spacial score (nSPS) is 12.5. The van der Waals surface area contributed by atoms with Gasteiger partial charge < -0.3 is 4.74 Å². The maximum Gasteiger partial charge on any atom is 0.439 e. The molecule has 6 rings (SSSR count). The zero-order chi connectivity index (χ0) is 29.2. The standard InChI is InChI=1S/C34H34N4O4/c1-4-5-10-29-28(33(39)38(32(35-29)21(2)3)25-15-16-30-24(20-25)17-18-41-30)19-22-11-13-23(14-12-22)26-8-6-7-9-27(26)31-36-34(40)42-37-31/h6-9,11-16,20-21H,4-5,10,17-19H2,1-3H3,(H,36,37,40). The summed E-state index contributed by atoms with van der Waals surface area (Å²) >= 11 is 0. The lowest BCUT2D eigenvalue weighted by molar-refractivity contribution is 0.357.